The summed E-state index contributed by atoms with van der Waals surface area (Å²) in [4.78, 5) is 31.2. The Morgan fingerprint density at radius 2 is 1.75 bits per heavy atom. The molecule has 198 valence electrons. The van der Waals surface area contributed by atoms with E-state index in [2.05, 4.69) is 33.3 Å². The van der Waals surface area contributed by atoms with Crippen LogP contribution in [0.25, 0.3) is 0 Å². The van der Waals surface area contributed by atoms with E-state index in [0.29, 0.717) is 12.5 Å². The Hall–Kier alpha value is -2.08. The number of likely N-dealkylation sites (tertiary alicyclic amines) is 1. The van der Waals surface area contributed by atoms with Crippen molar-refractivity contribution in [1.82, 2.24) is 15.1 Å². The highest BCUT2D eigenvalue weighted by atomic mass is 16.5. The molecule has 1 aromatic rings. The molecule has 4 aliphatic rings. The van der Waals surface area contributed by atoms with Gasteiger partial charge in [-0.25, -0.2) is 0 Å². The molecule has 0 radical (unpaired) electrons. The molecule has 36 heavy (non-hydrogen) atoms. The summed E-state index contributed by atoms with van der Waals surface area (Å²) in [5, 5.41) is 3.19. The minimum Gasteiger partial charge on any atom is -0.491 e. The summed E-state index contributed by atoms with van der Waals surface area (Å²) < 4.78 is 6.29. The normalized spacial score (nSPS) is 25.8. The number of hydrogen-bond acceptors (Lipinski definition) is 4. The van der Waals surface area contributed by atoms with Gasteiger partial charge < -0.3 is 19.9 Å². The van der Waals surface area contributed by atoms with E-state index in [-0.39, 0.29) is 23.3 Å². The van der Waals surface area contributed by atoms with Crippen molar-refractivity contribution in [3.63, 3.8) is 0 Å². The second kappa shape index (κ2) is 12.0. The number of aryl methyl sites for hydroxylation is 1. The van der Waals surface area contributed by atoms with E-state index < -0.39 is 0 Å². The Kier molecular flexibility index (Phi) is 8.51. The Morgan fingerprint density at radius 1 is 0.944 bits per heavy atom. The second-order valence-electron chi connectivity index (χ2n) is 11.7. The van der Waals surface area contributed by atoms with Crippen LogP contribution in [0.4, 0.5) is 0 Å². The van der Waals surface area contributed by atoms with Crippen molar-refractivity contribution in [2.75, 3.05) is 39.3 Å². The predicted molar refractivity (Wildman–Crippen MR) is 142 cm³/mol. The number of carbonyl (C=O) groups excluding carboxylic acids is 2. The Balaban J connectivity index is 1.18. The third-order valence-electron chi connectivity index (χ3n) is 9.36. The monoisotopic (exact) mass is 495 g/mol. The van der Waals surface area contributed by atoms with Crippen LogP contribution in [0.2, 0.25) is 0 Å². The number of nitrogens with zero attached hydrogens (tertiary/aromatic N) is 2. The topological polar surface area (TPSA) is 61.9 Å². The molecule has 5 rings (SSSR count). The van der Waals surface area contributed by atoms with Gasteiger partial charge in [-0.3, -0.25) is 9.59 Å². The summed E-state index contributed by atoms with van der Waals surface area (Å²) in [6, 6.07) is 8.62. The molecule has 3 fully saturated rings. The van der Waals surface area contributed by atoms with Gasteiger partial charge in [0, 0.05) is 25.6 Å². The SMILES string of the molecule is O=C(NCCN1CCC2(CCCCc3ccccc3OC[C@H]3CCCN3C2=O)CC1)C1CCCCC1. The first kappa shape index (κ1) is 25.6. The van der Waals surface area contributed by atoms with Crippen LogP contribution < -0.4 is 10.1 Å². The number of hydrogen-bond donors (Lipinski definition) is 1. The van der Waals surface area contributed by atoms with Gasteiger partial charge in [-0.05, 0) is 82.5 Å². The first-order chi connectivity index (χ1) is 17.6. The molecule has 1 spiro atoms. The van der Waals surface area contributed by atoms with Crippen molar-refractivity contribution in [2.24, 2.45) is 11.3 Å². The highest BCUT2D eigenvalue weighted by molar-refractivity contribution is 5.83. The van der Waals surface area contributed by atoms with E-state index >= 15 is 0 Å². The lowest BCUT2D eigenvalue weighted by atomic mass is 9.73. The summed E-state index contributed by atoms with van der Waals surface area (Å²) >= 11 is 0. The lowest BCUT2D eigenvalue weighted by Gasteiger charge is -2.44. The highest BCUT2D eigenvalue weighted by Crippen LogP contribution is 2.41. The fraction of sp³-hybridized carbons (Fsp3) is 0.733. The number of rotatable bonds is 4. The minimum absolute atomic E-state index is 0.190. The van der Waals surface area contributed by atoms with Crippen LogP contribution in [0.15, 0.2) is 24.3 Å². The van der Waals surface area contributed by atoms with Crippen molar-refractivity contribution < 1.29 is 14.3 Å². The lowest BCUT2D eigenvalue weighted by Crippen LogP contribution is -2.53. The van der Waals surface area contributed by atoms with Crippen LogP contribution in [0, 0.1) is 11.3 Å². The third-order valence-corrected chi connectivity index (χ3v) is 9.36. The number of nitrogens with one attached hydrogen (secondary N) is 1. The van der Waals surface area contributed by atoms with E-state index in [4.69, 9.17) is 4.74 Å². The van der Waals surface area contributed by atoms with Crippen molar-refractivity contribution in [3.8, 4) is 5.75 Å². The average molecular weight is 496 g/mol. The maximum atomic E-state index is 14.0. The second-order valence-corrected chi connectivity index (χ2v) is 11.7. The zero-order valence-electron chi connectivity index (χ0n) is 22.0. The van der Waals surface area contributed by atoms with Gasteiger partial charge in [0.15, 0.2) is 0 Å². The van der Waals surface area contributed by atoms with Crippen LogP contribution in [-0.4, -0.2) is 67.0 Å². The minimum atomic E-state index is -0.233. The Bertz CT molecular complexity index is 889. The molecule has 6 heteroatoms. The molecule has 1 N–H and O–H groups in total. The number of ether oxygens (including phenoxy) is 1. The smallest absolute Gasteiger partial charge is 0.229 e. The van der Waals surface area contributed by atoms with Gasteiger partial charge in [0.1, 0.15) is 12.4 Å². The molecule has 6 nitrogen and oxygen atoms in total. The number of carbonyl (C=O) groups is 2. The molecule has 1 saturated carbocycles. The Labute approximate surface area is 217 Å². The van der Waals surface area contributed by atoms with E-state index in [1.54, 1.807) is 0 Å². The van der Waals surface area contributed by atoms with Gasteiger partial charge in [0.05, 0.1) is 11.5 Å². The van der Waals surface area contributed by atoms with Crippen LogP contribution >= 0.6 is 0 Å². The molecule has 1 aliphatic carbocycles. The molecule has 2 saturated heterocycles. The van der Waals surface area contributed by atoms with E-state index in [9.17, 15) is 9.59 Å². The summed E-state index contributed by atoms with van der Waals surface area (Å²) in [6.07, 6.45) is 13.9. The number of piperidine rings is 1. The van der Waals surface area contributed by atoms with E-state index in [1.165, 1.54) is 24.8 Å². The molecule has 0 unspecified atom stereocenters. The van der Waals surface area contributed by atoms with E-state index in [0.717, 1.165) is 103 Å². The number of benzene rings is 1. The largest absolute Gasteiger partial charge is 0.491 e. The van der Waals surface area contributed by atoms with Gasteiger partial charge >= 0.3 is 0 Å². The fourth-order valence-corrected chi connectivity index (χ4v) is 7.02. The zero-order chi connectivity index (χ0) is 24.8. The lowest BCUT2D eigenvalue weighted by molar-refractivity contribution is -0.147. The molecule has 3 heterocycles. The highest BCUT2D eigenvalue weighted by Gasteiger charge is 2.45. The first-order valence-corrected chi connectivity index (χ1v) is 14.7. The molecule has 1 aromatic carbocycles. The van der Waals surface area contributed by atoms with Gasteiger partial charge in [-0.1, -0.05) is 43.9 Å². The molecule has 0 aromatic heterocycles. The molecular weight excluding hydrogens is 450 g/mol. The van der Waals surface area contributed by atoms with Gasteiger partial charge in [0.25, 0.3) is 0 Å². The molecule has 1 atom stereocenters. The summed E-state index contributed by atoms with van der Waals surface area (Å²) in [7, 11) is 0. The maximum absolute atomic E-state index is 14.0. The maximum Gasteiger partial charge on any atom is 0.229 e. The van der Waals surface area contributed by atoms with Crippen LogP contribution in [0.5, 0.6) is 5.75 Å². The molecular formula is C30H45N3O3. The summed E-state index contributed by atoms with van der Waals surface area (Å²) in [5.74, 6) is 1.85. The quantitative estimate of drug-likeness (QED) is 0.665. The Morgan fingerprint density at radius 3 is 2.58 bits per heavy atom. The summed E-state index contributed by atoms with van der Waals surface area (Å²) in [5.41, 5.74) is 1.07. The van der Waals surface area contributed by atoms with Gasteiger partial charge in [0.2, 0.25) is 11.8 Å². The first-order valence-electron chi connectivity index (χ1n) is 14.7. The standard InChI is InChI=1S/C30H45N3O3/c34-28(25-11-2-1-3-12-25)31-18-22-32-20-16-30(17-21-32)15-7-6-10-24-9-4-5-14-27(24)36-23-26-13-8-19-33(26)29(30)35/h4-5,9,14,25-26H,1-3,6-8,10-13,15-23H2,(H,31,34)/t26-/m1/s1. The van der Waals surface area contributed by atoms with Crippen LogP contribution in [0.3, 0.4) is 0 Å². The van der Waals surface area contributed by atoms with Gasteiger partial charge in [-0.2, -0.15) is 0 Å². The van der Waals surface area contributed by atoms with Gasteiger partial charge in [-0.15, -0.1) is 0 Å². The molecule has 2 amide bonds. The number of para-hydroxylation sites is 1. The van der Waals surface area contributed by atoms with Crippen LogP contribution in [0.1, 0.15) is 82.6 Å². The summed E-state index contributed by atoms with van der Waals surface area (Å²) in [6.45, 7) is 4.98. The number of fused-ring (bicyclic) bond motifs is 2. The van der Waals surface area contributed by atoms with Crippen molar-refractivity contribution >= 4 is 11.8 Å². The number of amides is 2. The third kappa shape index (κ3) is 5.90. The van der Waals surface area contributed by atoms with Crippen molar-refractivity contribution in [2.45, 2.75) is 89.5 Å². The predicted octanol–water partition coefficient (Wildman–Crippen LogP) is 4.56. The van der Waals surface area contributed by atoms with Crippen LogP contribution in [-0.2, 0) is 16.0 Å². The zero-order valence-corrected chi connectivity index (χ0v) is 22.0. The fourth-order valence-electron chi connectivity index (χ4n) is 7.02. The van der Waals surface area contributed by atoms with Crippen molar-refractivity contribution in [1.29, 1.82) is 0 Å². The molecule has 3 aliphatic heterocycles. The molecule has 0 bridgehead atoms. The van der Waals surface area contributed by atoms with Crippen molar-refractivity contribution in [3.05, 3.63) is 29.8 Å². The average Bonchev–Trinajstić information content (AvgIpc) is 3.39. The van der Waals surface area contributed by atoms with E-state index in [1.807, 2.05) is 6.07 Å².